The van der Waals surface area contributed by atoms with Gasteiger partial charge in [0, 0.05) is 12.2 Å². The van der Waals surface area contributed by atoms with E-state index in [2.05, 4.69) is 14.5 Å². The minimum atomic E-state index is -0.0718. The smallest absolute Gasteiger partial charge is 0.160 e. The summed E-state index contributed by atoms with van der Waals surface area (Å²) in [5.41, 5.74) is 1.96. The topological polar surface area (TPSA) is 30.7 Å². The zero-order valence-electron chi connectivity index (χ0n) is 11.3. The van der Waals surface area contributed by atoms with E-state index >= 15 is 0 Å². The van der Waals surface area contributed by atoms with Crippen molar-refractivity contribution in [1.82, 2.24) is 14.5 Å². The predicted molar refractivity (Wildman–Crippen MR) is 78.5 cm³/mol. The molecule has 3 rings (SSSR count). The quantitative estimate of drug-likeness (QED) is 0.592. The lowest BCUT2D eigenvalue weighted by atomic mass is 10.1. The number of pyridine rings is 1. The van der Waals surface area contributed by atoms with Gasteiger partial charge in [-0.05, 0) is 31.9 Å². The van der Waals surface area contributed by atoms with E-state index < -0.39 is 0 Å². The van der Waals surface area contributed by atoms with Gasteiger partial charge in [0.05, 0.1) is 5.38 Å². The van der Waals surface area contributed by atoms with Crippen molar-refractivity contribution in [2.45, 2.75) is 56.9 Å². The van der Waals surface area contributed by atoms with Gasteiger partial charge in [0.25, 0.3) is 0 Å². The second-order valence-electron chi connectivity index (χ2n) is 5.45. The maximum Gasteiger partial charge on any atom is 0.160 e. The van der Waals surface area contributed by atoms with Crippen LogP contribution in [0.15, 0.2) is 18.3 Å². The van der Waals surface area contributed by atoms with Crippen molar-refractivity contribution in [2.75, 3.05) is 0 Å². The van der Waals surface area contributed by atoms with E-state index in [0.717, 1.165) is 17.0 Å². The number of fused-ring (bicyclic) bond motifs is 1. The van der Waals surface area contributed by atoms with Crippen LogP contribution in [0.5, 0.6) is 0 Å². The third kappa shape index (κ3) is 2.48. The van der Waals surface area contributed by atoms with Crippen molar-refractivity contribution in [3.8, 4) is 0 Å². The lowest BCUT2D eigenvalue weighted by molar-refractivity contribution is 0.438. The Morgan fingerprint density at radius 2 is 2.00 bits per heavy atom. The second kappa shape index (κ2) is 5.49. The van der Waals surface area contributed by atoms with E-state index in [1.54, 1.807) is 0 Å². The summed E-state index contributed by atoms with van der Waals surface area (Å²) in [6, 6.07) is 4.48. The van der Waals surface area contributed by atoms with E-state index in [-0.39, 0.29) is 5.38 Å². The van der Waals surface area contributed by atoms with E-state index in [4.69, 9.17) is 11.6 Å². The average molecular weight is 278 g/mol. The molecule has 19 heavy (non-hydrogen) atoms. The van der Waals surface area contributed by atoms with Gasteiger partial charge in [-0.15, -0.1) is 11.6 Å². The molecule has 1 unspecified atom stereocenters. The molecule has 102 valence electrons. The minimum Gasteiger partial charge on any atom is -0.308 e. The molecule has 1 aliphatic rings. The maximum atomic E-state index is 6.33. The summed E-state index contributed by atoms with van der Waals surface area (Å²) in [7, 11) is 0. The minimum absolute atomic E-state index is 0.0718. The van der Waals surface area contributed by atoms with Gasteiger partial charge in [-0.25, -0.2) is 9.97 Å². The Morgan fingerprint density at radius 1 is 1.26 bits per heavy atom. The van der Waals surface area contributed by atoms with Crippen LogP contribution in [0, 0.1) is 0 Å². The first kappa shape index (κ1) is 12.9. The molecule has 0 saturated heterocycles. The van der Waals surface area contributed by atoms with Crippen molar-refractivity contribution >= 4 is 22.8 Å². The molecule has 2 aromatic rings. The predicted octanol–water partition coefficient (Wildman–Crippen LogP) is 4.63. The van der Waals surface area contributed by atoms with Crippen molar-refractivity contribution < 1.29 is 0 Å². The first-order valence-corrected chi connectivity index (χ1v) is 7.68. The fraction of sp³-hybridized carbons (Fsp3) is 0.600. The van der Waals surface area contributed by atoms with Gasteiger partial charge < -0.3 is 4.57 Å². The molecule has 0 N–H and O–H groups in total. The zero-order chi connectivity index (χ0) is 13.2. The highest BCUT2D eigenvalue weighted by Crippen LogP contribution is 2.33. The molecule has 1 atom stereocenters. The third-order valence-electron chi connectivity index (χ3n) is 4.02. The molecule has 0 bridgehead atoms. The lowest BCUT2D eigenvalue weighted by Gasteiger charge is -2.20. The number of nitrogens with zero attached hydrogens (tertiary/aromatic N) is 3. The lowest BCUT2D eigenvalue weighted by Crippen LogP contribution is -2.12. The second-order valence-corrected chi connectivity index (χ2v) is 6.10. The number of hydrogen-bond acceptors (Lipinski definition) is 2. The molecule has 2 aromatic heterocycles. The van der Waals surface area contributed by atoms with Crippen molar-refractivity contribution in [2.24, 2.45) is 0 Å². The molecule has 1 fully saturated rings. The van der Waals surface area contributed by atoms with E-state index in [1.165, 1.54) is 38.5 Å². The highest BCUT2D eigenvalue weighted by molar-refractivity contribution is 6.20. The normalized spacial score (nSPS) is 19.5. The van der Waals surface area contributed by atoms with E-state index in [9.17, 15) is 0 Å². The molecule has 1 saturated carbocycles. The standard InChI is InChI=1S/C15H20ClN3/c1-11(16)14-18-13-9-6-10-17-15(13)19(14)12-7-4-2-3-5-8-12/h6,9-12H,2-5,7-8H2,1H3. The van der Waals surface area contributed by atoms with Gasteiger partial charge in [0.2, 0.25) is 0 Å². The van der Waals surface area contributed by atoms with Crippen molar-refractivity contribution in [1.29, 1.82) is 0 Å². The summed E-state index contributed by atoms with van der Waals surface area (Å²) in [6.45, 7) is 2.00. The molecule has 2 heterocycles. The number of halogens is 1. The molecule has 4 heteroatoms. The van der Waals surface area contributed by atoms with Crippen LogP contribution in [0.25, 0.3) is 11.2 Å². The Labute approximate surface area is 119 Å². The zero-order valence-corrected chi connectivity index (χ0v) is 12.1. The fourth-order valence-electron chi connectivity index (χ4n) is 3.10. The molecule has 1 aliphatic carbocycles. The molecule has 0 spiro atoms. The monoisotopic (exact) mass is 277 g/mol. The maximum absolute atomic E-state index is 6.33. The van der Waals surface area contributed by atoms with Crippen LogP contribution in [0.1, 0.15) is 62.7 Å². The Kier molecular flexibility index (Phi) is 3.74. The van der Waals surface area contributed by atoms with Crippen LogP contribution in [0.4, 0.5) is 0 Å². The highest BCUT2D eigenvalue weighted by atomic mass is 35.5. The largest absolute Gasteiger partial charge is 0.308 e. The molecular weight excluding hydrogens is 258 g/mol. The van der Waals surface area contributed by atoms with Gasteiger partial charge in [-0.3, -0.25) is 0 Å². The number of rotatable bonds is 2. The molecule has 0 aromatic carbocycles. The van der Waals surface area contributed by atoms with E-state index in [1.807, 2.05) is 25.3 Å². The molecule has 0 aliphatic heterocycles. The van der Waals surface area contributed by atoms with Crippen LogP contribution in [0.3, 0.4) is 0 Å². The Morgan fingerprint density at radius 3 is 2.68 bits per heavy atom. The van der Waals surface area contributed by atoms with Gasteiger partial charge in [-0.2, -0.15) is 0 Å². The first-order chi connectivity index (χ1) is 9.27. The third-order valence-corrected chi connectivity index (χ3v) is 4.22. The van der Waals surface area contributed by atoms with Crippen LogP contribution in [0.2, 0.25) is 0 Å². The number of hydrogen-bond donors (Lipinski definition) is 0. The van der Waals surface area contributed by atoms with Crippen LogP contribution < -0.4 is 0 Å². The summed E-state index contributed by atoms with van der Waals surface area (Å²) >= 11 is 6.33. The van der Waals surface area contributed by atoms with Crippen molar-refractivity contribution in [3.05, 3.63) is 24.2 Å². The summed E-state index contributed by atoms with van der Waals surface area (Å²) in [4.78, 5) is 9.22. The van der Waals surface area contributed by atoms with Gasteiger partial charge in [-0.1, -0.05) is 25.7 Å². The first-order valence-electron chi connectivity index (χ1n) is 7.24. The average Bonchev–Trinajstić information content (AvgIpc) is 2.60. The summed E-state index contributed by atoms with van der Waals surface area (Å²) < 4.78 is 2.30. The molecule has 0 amide bonds. The summed E-state index contributed by atoms with van der Waals surface area (Å²) in [6.07, 6.45) is 9.59. The summed E-state index contributed by atoms with van der Waals surface area (Å²) in [5, 5.41) is -0.0718. The van der Waals surface area contributed by atoms with Crippen LogP contribution >= 0.6 is 11.6 Å². The van der Waals surface area contributed by atoms with Gasteiger partial charge >= 0.3 is 0 Å². The number of imidazole rings is 1. The number of alkyl halides is 1. The van der Waals surface area contributed by atoms with Crippen LogP contribution in [-0.2, 0) is 0 Å². The Balaban J connectivity index is 2.10. The highest BCUT2D eigenvalue weighted by Gasteiger charge is 2.23. The summed E-state index contributed by atoms with van der Waals surface area (Å²) in [5.74, 6) is 0.974. The Hall–Kier alpha value is -1.09. The molecule has 3 nitrogen and oxygen atoms in total. The van der Waals surface area contributed by atoms with Crippen molar-refractivity contribution in [3.63, 3.8) is 0 Å². The SMILES string of the molecule is CC(Cl)c1nc2cccnc2n1C1CCCCCC1. The van der Waals surface area contributed by atoms with Gasteiger partial charge in [0.15, 0.2) is 5.65 Å². The molecule has 0 radical (unpaired) electrons. The fourth-order valence-corrected chi connectivity index (χ4v) is 3.26. The molecular formula is C15H20ClN3. The van der Waals surface area contributed by atoms with E-state index in [0.29, 0.717) is 6.04 Å². The Bertz CT molecular complexity index is 554. The van der Waals surface area contributed by atoms with Crippen LogP contribution in [-0.4, -0.2) is 14.5 Å². The number of aromatic nitrogens is 3. The van der Waals surface area contributed by atoms with Gasteiger partial charge in [0.1, 0.15) is 11.3 Å².